The fourth-order valence-electron chi connectivity index (χ4n) is 8.17. The van der Waals surface area contributed by atoms with Crippen LogP contribution in [0.15, 0.2) is 11.6 Å². The van der Waals surface area contributed by atoms with Crippen LogP contribution in [0, 0.1) is 40.4 Å². The molecular formula is C28H48O3Si. The molecule has 0 aromatic carbocycles. The van der Waals surface area contributed by atoms with Crippen LogP contribution in [0.5, 0.6) is 0 Å². The van der Waals surface area contributed by atoms with Crippen molar-refractivity contribution in [1.29, 1.82) is 0 Å². The van der Waals surface area contributed by atoms with Gasteiger partial charge >= 0.3 is 0 Å². The third-order valence-electron chi connectivity index (χ3n) is 11.3. The number of carbonyl (C=O) groups is 1. The third-order valence-corrected chi connectivity index (χ3v) is 15.8. The number of rotatable bonds is 4. The van der Waals surface area contributed by atoms with Gasteiger partial charge in [-0.15, -0.1) is 0 Å². The van der Waals surface area contributed by atoms with Gasteiger partial charge in [-0.3, -0.25) is 4.79 Å². The van der Waals surface area contributed by atoms with E-state index in [2.05, 4.69) is 54.6 Å². The summed E-state index contributed by atoms with van der Waals surface area (Å²) in [5.41, 5.74) is 1.67. The first-order valence-electron chi connectivity index (χ1n) is 13.3. The number of aliphatic hydroxyl groups excluding tert-OH is 1. The molecule has 3 saturated carbocycles. The van der Waals surface area contributed by atoms with Gasteiger partial charge < -0.3 is 9.53 Å². The van der Waals surface area contributed by atoms with Gasteiger partial charge in [0.1, 0.15) is 0 Å². The molecule has 182 valence electrons. The lowest BCUT2D eigenvalue weighted by molar-refractivity contribution is -0.124. The van der Waals surface area contributed by atoms with Gasteiger partial charge in [-0.2, -0.15) is 0 Å². The van der Waals surface area contributed by atoms with Crippen LogP contribution in [-0.2, 0) is 9.22 Å². The summed E-state index contributed by atoms with van der Waals surface area (Å²) < 4.78 is 6.67. The number of hydrogen-bond donors (Lipinski definition) is 1. The summed E-state index contributed by atoms with van der Waals surface area (Å²) >= 11 is 0. The zero-order valence-electron chi connectivity index (χ0n) is 22.0. The van der Waals surface area contributed by atoms with Gasteiger partial charge in [-0.1, -0.05) is 47.1 Å². The number of hydrogen-bond acceptors (Lipinski definition) is 3. The van der Waals surface area contributed by atoms with Crippen LogP contribution >= 0.6 is 0 Å². The Balaban J connectivity index is 1.52. The molecular weight excluding hydrogens is 412 g/mol. The van der Waals surface area contributed by atoms with Gasteiger partial charge in [0.05, 0.1) is 6.10 Å². The van der Waals surface area contributed by atoms with Gasteiger partial charge in [-0.25, -0.2) is 0 Å². The normalized spacial score (nSPS) is 43.2. The van der Waals surface area contributed by atoms with E-state index in [1.54, 1.807) is 0 Å². The lowest BCUT2D eigenvalue weighted by Gasteiger charge is -2.60. The lowest BCUT2D eigenvalue weighted by Crippen LogP contribution is -2.55. The molecule has 0 radical (unpaired) electrons. The molecule has 4 heteroatoms. The average molecular weight is 461 g/mol. The highest BCUT2D eigenvalue weighted by Crippen LogP contribution is 2.67. The van der Waals surface area contributed by atoms with E-state index in [1.807, 2.05) is 6.08 Å². The Morgan fingerprint density at radius 2 is 1.84 bits per heavy atom. The van der Waals surface area contributed by atoms with Crippen molar-refractivity contribution in [1.82, 2.24) is 0 Å². The molecule has 4 rings (SSSR count). The van der Waals surface area contributed by atoms with Crippen LogP contribution in [0.25, 0.3) is 0 Å². The predicted octanol–water partition coefficient (Wildman–Crippen LogP) is 6.76. The van der Waals surface area contributed by atoms with Gasteiger partial charge in [0.15, 0.2) is 14.1 Å². The summed E-state index contributed by atoms with van der Waals surface area (Å²) in [5, 5.41) is 11.6. The van der Waals surface area contributed by atoms with Crippen LogP contribution in [0.4, 0.5) is 0 Å². The second kappa shape index (κ2) is 8.05. The fourth-order valence-corrected chi connectivity index (χ4v) is 9.29. The maximum absolute atomic E-state index is 12.1. The van der Waals surface area contributed by atoms with E-state index in [0.29, 0.717) is 47.8 Å². The van der Waals surface area contributed by atoms with Gasteiger partial charge in [-0.05, 0) is 103 Å². The van der Waals surface area contributed by atoms with Crippen molar-refractivity contribution in [3.8, 4) is 0 Å². The van der Waals surface area contributed by atoms with E-state index in [4.69, 9.17) is 4.43 Å². The number of carbonyl (C=O) groups excluding carboxylic acids is 1. The number of fused-ring (bicyclic) bond motifs is 5. The molecule has 0 heterocycles. The molecule has 0 spiro atoms. The molecule has 0 bridgehead atoms. The first kappa shape index (κ1) is 24.7. The highest BCUT2D eigenvalue weighted by atomic mass is 28.4. The summed E-state index contributed by atoms with van der Waals surface area (Å²) in [4.78, 5) is 12.1. The lowest BCUT2D eigenvalue weighted by atomic mass is 9.46. The predicted molar refractivity (Wildman–Crippen MR) is 134 cm³/mol. The molecule has 32 heavy (non-hydrogen) atoms. The van der Waals surface area contributed by atoms with E-state index < -0.39 is 8.32 Å². The van der Waals surface area contributed by atoms with Crippen molar-refractivity contribution in [2.75, 3.05) is 6.61 Å². The molecule has 0 aromatic rings. The molecule has 8 atom stereocenters. The molecule has 0 amide bonds. The highest BCUT2D eigenvalue weighted by Gasteiger charge is 2.61. The maximum Gasteiger partial charge on any atom is 0.191 e. The first-order valence-corrected chi connectivity index (χ1v) is 16.2. The topological polar surface area (TPSA) is 46.5 Å². The Morgan fingerprint density at radius 1 is 1.16 bits per heavy atom. The minimum Gasteiger partial charge on any atom is -0.417 e. The maximum atomic E-state index is 12.1. The second-order valence-electron chi connectivity index (χ2n) is 13.9. The van der Waals surface area contributed by atoms with Crippen molar-refractivity contribution in [3.05, 3.63) is 11.6 Å². The van der Waals surface area contributed by atoms with Crippen LogP contribution in [0.1, 0.15) is 86.5 Å². The van der Waals surface area contributed by atoms with Crippen molar-refractivity contribution in [2.24, 2.45) is 40.4 Å². The average Bonchev–Trinajstić information content (AvgIpc) is 3.04. The Bertz CT molecular complexity index is 780. The summed E-state index contributed by atoms with van der Waals surface area (Å²) in [6, 6.07) is 0. The van der Waals surface area contributed by atoms with E-state index in [-0.39, 0.29) is 22.3 Å². The summed E-state index contributed by atoms with van der Waals surface area (Å²) in [5.74, 6) is 3.04. The van der Waals surface area contributed by atoms with E-state index >= 15 is 0 Å². The van der Waals surface area contributed by atoms with Crippen LogP contribution in [0.3, 0.4) is 0 Å². The molecule has 3 fully saturated rings. The standard InChI is InChI=1S/C28H48O3Si/c1-18(17-31-32(7,8)26(2,3)4)21-9-10-22-25-23(12-14-28(21,22)6)27(5)13-11-20(29)15-19(27)16-24(25)30/h15,18,21-25,30H,9-14,16-17H2,1-8H3/t18-,21-,22+,23+,24?,25+,27+,28-/m1/s1. The van der Waals surface area contributed by atoms with E-state index in [9.17, 15) is 9.90 Å². The third kappa shape index (κ3) is 3.81. The zero-order chi connectivity index (χ0) is 23.7. The van der Waals surface area contributed by atoms with Crippen LogP contribution < -0.4 is 0 Å². The number of aliphatic hydroxyl groups is 1. The molecule has 0 saturated heterocycles. The van der Waals surface area contributed by atoms with Gasteiger partial charge in [0.25, 0.3) is 0 Å². The SMILES string of the molecule is C[C@H](CO[Si](C)(C)C(C)(C)C)[C@H]1CC[C@H]2[C@@H]3C(O)CC4=CC(=O)CC[C@]4(C)[C@H]3CC[C@]12C. The van der Waals surface area contributed by atoms with Crippen LogP contribution in [-0.4, -0.2) is 31.9 Å². The van der Waals surface area contributed by atoms with Crippen molar-refractivity contribution in [2.45, 2.75) is 111 Å². The Kier molecular flexibility index (Phi) is 6.21. The Labute approximate surface area is 197 Å². The zero-order valence-corrected chi connectivity index (χ0v) is 23.0. The molecule has 1 N–H and O–H groups in total. The monoisotopic (exact) mass is 460 g/mol. The molecule has 4 aliphatic rings. The quantitative estimate of drug-likeness (QED) is 0.471. The van der Waals surface area contributed by atoms with Crippen LogP contribution in [0.2, 0.25) is 18.1 Å². The smallest absolute Gasteiger partial charge is 0.191 e. The second-order valence-corrected chi connectivity index (χ2v) is 18.7. The summed E-state index contributed by atoms with van der Waals surface area (Å²) in [6.07, 6.45) is 8.97. The summed E-state index contributed by atoms with van der Waals surface area (Å²) in [7, 11) is -1.73. The van der Waals surface area contributed by atoms with Crippen molar-refractivity contribution >= 4 is 14.1 Å². The molecule has 0 aliphatic heterocycles. The van der Waals surface area contributed by atoms with Gasteiger partial charge in [0, 0.05) is 13.0 Å². The highest BCUT2D eigenvalue weighted by molar-refractivity contribution is 6.74. The van der Waals surface area contributed by atoms with E-state index in [0.717, 1.165) is 13.0 Å². The molecule has 1 unspecified atom stereocenters. The van der Waals surface area contributed by atoms with E-state index in [1.165, 1.54) is 31.3 Å². The largest absolute Gasteiger partial charge is 0.417 e. The number of ketones is 1. The molecule has 3 nitrogen and oxygen atoms in total. The summed E-state index contributed by atoms with van der Waals surface area (Å²) in [6.45, 7) is 19.9. The minimum absolute atomic E-state index is 0.119. The minimum atomic E-state index is -1.73. The van der Waals surface area contributed by atoms with Gasteiger partial charge in [0.2, 0.25) is 0 Å². The first-order chi connectivity index (χ1) is 14.7. The van der Waals surface area contributed by atoms with Crippen molar-refractivity contribution in [3.63, 3.8) is 0 Å². The molecule has 4 aliphatic carbocycles. The fraction of sp³-hybridized carbons (Fsp3) is 0.893. The molecule has 0 aromatic heterocycles. The Morgan fingerprint density at radius 3 is 2.50 bits per heavy atom. The van der Waals surface area contributed by atoms with Crippen molar-refractivity contribution < 1.29 is 14.3 Å². The Hall–Kier alpha value is -0.453.